The molecule has 0 atom stereocenters. The Hall–Kier alpha value is -2.28. The minimum atomic E-state index is -0.468. The third-order valence-electron chi connectivity index (χ3n) is 3.70. The highest BCUT2D eigenvalue weighted by Gasteiger charge is 2.30. The highest BCUT2D eigenvalue weighted by molar-refractivity contribution is 7.16. The molecule has 0 unspecified atom stereocenters. The maximum Gasteiger partial charge on any atom is 0.268 e. The van der Waals surface area contributed by atoms with E-state index < -0.39 is 5.91 Å². The molecule has 1 aromatic carbocycles. The Balaban J connectivity index is 1.93. The average molecular weight is 331 g/mol. The molecule has 7 heteroatoms. The van der Waals surface area contributed by atoms with Crippen LogP contribution in [0.1, 0.15) is 26.2 Å². The van der Waals surface area contributed by atoms with Gasteiger partial charge in [-0.15, -0.1) is 0 Å². The fourth-order valence-electron chi connectivity index (χ4n) is 2.62. The van der Waals surface area contributed by atoms with Gasteiger partial charge in [0, 0.05) is 19.4 Å². The van der Waals surface area contributed by atoms with Crippen LogP contribution in [-0.2, 0) is 20.9 Å². The van der Waals surface area contributed by atoms with Gasteiger partial charge < -0.3 is 4.57 Å². The van der Waals surface area contributed by atoms with Crippen molar-refractivity contribution in [1.82, 2.24) is 9.47 Å². The summed E-state index contributed by atoms with van der Waals surface area (Å²) in [6.07, 6.45) is 1.29. The molecule has 0 N–H and O–H groups in total. The van der Waals surface area contributed by atoms with Crippen molar-refractivity contribution in [2.24, 2.45) is 4.99 Å². The number of rotatable bonds is 4. The van der Waals surface area contributed by atoms with E-state index in [0.29, 0.717) is 4.80 Å². The molecule has 1 aliphatic heterocycles. The number of hydrogen-bond donors (Lipinski definition) is 0. The Kier molecular flexibility index (Phi) is 4.38. The van der Waals surface area contributed by atoms with Crippen LogP contribution in [0.4, 0.5) is 0 Å². The highest BCUT2D eigenvalue weighted by atomic mass is 32.1. The number of fused-ring (bicyclic) bond motifs is 1. The largest absolute Gasteiger partial charge is 0.316 e. The van der Waals surface area contributed by atoms with Crippen molar-refractivity contribution in [2.45, 2.75) is 32.7 Å². The second-order valence-electron chi connectivity index (χ2n) is 5.38. The van der Waals surface area contributed by atoms with Crippen LogP contribution in [0.3, 0.4) is 0 Å². The first-order chi connectivity index (χ1) is 11.1. The lowest BCUT2D eigenvalue weighted by molar-refractivity contribution is -0.141. The third kappa shape index (κ3) is 3.10. The first-order valence-electron chi connectivity index (χ1n) is 7.59. The van der Waals surface area contributed by atoms with Gasteiger partial charge in [-0.3, -0.25) is 19.3 Å². The molecule has 2 aromatic rings. The van der Waals surface area contributed by atoms with Crippen LogP contribution < -0.4 is 4.80 Å². The van der Waals surface area contributed by atoms with Crippen molar-refractivity contribution >= 4 is 39.3 Å². The number of amides is 3. The molecule has 1 fully saturated rings. The molecule has 0 saturated carbocycles. The van der Waals surface area contributed by atoms with Gasteiger partial charge in [0.05, 0.1) is 10.2 Å². The molecule has 1 aliphatic rings. The summed E-state index contributed by atoms with van der Waals surface area (Å²) in [7, 11) is 0. The Bertz CT molecular complexity index is 834. The fraction of sp³-hybridized carbons (Fsp3) is 0.375. The molecular formula is C16H17N3O3S. The summed E-state index contributed by atoms with van der Waals surface area (Å²) in [6, 6.07) is 7.89. The van der Waals surface area contributed by atoms with Gasteiger partial charge in [-0.25, -0.2) is 0 Å². The minimum absolute atomic E-state index is 0.185. The summed E-state index contributed by atoms with van der Waals surface area (Å²) in [5.41, 5.74) is 1.04. The number of nitrogens with zero attached hydrogens (tertiary/aromatic N) is 3. The quantitative estimate of drug-likeness (QED) is 0.800. The van der Waals surface area contributed by atoms with Gasteiger partial charge in [0.15, 0.2) is 4.80 Å². The summed E-state index contributed by atoms with van der Waals surface area (Å²) >= 11 is 1.44. The summed E-state index contributed by atoms with van der Waals surface area (Å²) < 4.78 is 3.06. The zero-order valence-electron chi connectivity index (χ0n) is 12.8. The van der Waals surface area contributed by atoms with Gasteiger partial charge in [-0.1, -0.05) is 30.4 Å². The van der Waals surface area contributed by atoms with Gasteiger partial charge in [0.1, 0.15) is 6.54 Å². The van der Waals surface area contributed by atoms with E-state index in [2.05, 4.69) is 11.9 Å². The van der Waals surface area contributed by atoms with Crippen molar-refractivity contribution in [2.75, 3.05) is 6.54 Å². The number of hydrogen-bond acceptors (Lipinski definition) is 4. The first-order valence-corrected chi connectivity index (χ1v) is 8.41. The van der Waals surface area contributed by atoms with Gasteiger partial charge in [-0.2, -0.15) is 4.99 Å². The van der Waals surface area contributed by atoms with Gasteiger partial charge in [0.25, 0.3) is 5.91 Å². The lowest BCUT2D eigenvalue weighted by atomic mass is 10.3. The molecule has 2 heterocycles. The maximum absolute atomic E-state index is 12.2. The van der Waals surface area contributed by atoms with E-state index in [4.69, 9.17) is 0 Å². The van der Waals surface area contributed by atoms with Crippen molar-refractivity contribution in [3.63, 3.8) is 0 Å². The van der Waals surface area contributed by atoms with Crippen molar-refractivity contribution in [1.29, 1.82) is 0 Å². The van der Waals surface area contributed by atoms with E-state index in [0.717, 1.165) is 28.1 Å². The first kappa shape index (κ1) is 15.6. The smallest absolute Gasteiger partial charge is 0.268 e. The lowest BCUT2D eigenvalue weighted by Gasteiger charge is -2.10. The van der Waals surface area contributed by atoms with E-state index in [1.807, 2.05) is 28.8 Å². The van der Waals surface area contributed by atoms with Crippen LogP contribution in [0.25, 0.3) is 10.2 Å². The monoisotopic (exact) mass is 331 g/mol. The van der Waals surface area contributed by atoms with Crippen molar-refractivity contribution in [3.8, 4) is 0 Å². The van der Waals surface area contributed by atoms with E-state index in [-0.39, 0.29) is 31.2 Å². The van der Waals surface area contributed by atoms with Gasteiger partial charge >= 0.3 is 0 Å². The predicted molar refractivity (Wildman–Crippen MR) is 86.6 cm³/mol. The molecule has 0 aliphatic carbocycles. The van der Waals surface area contributed by atoms with Gasteiger partial charge in [-0.05, 0) is 18.6 Å². The number of para-hydroxylation sites is 1. The van der Waals surface area contributed by atoms with Gasteiger partial charge in [0.2, 0.25) is 11.8 Å². The molecule has 3 rings (SSSR count). The molecule has 0 spiro atoms. The second kappa shape index (κ2) is 6.45. The second-order valence-corrected chi connectivity index (χ2v) is 6.39. The highest BCUT2D eigenvalue weighted by Crippen LogP contribution is 2.17. The number of benzene rings is 1. The van der Waals surface area contributed by atoms with E-state index >= 15 is 0 Å². The number of likely N-dealkylation sites (tertiary alicyclic amines) is 1. The minimum Gasteiger partial charge on any atom is -0.316 e. The molecule has 0 radical (unpaired) electrons. The zero-order chi connectivity index (χ0) is 16.4. The topological polar surface area (TPSA) is 71.7 Å². The van der Waals surface area contributed by atoms with Crippen LogP contribution >= 0.6 is 11.3 Å². The standard InChI is InChI=1S/C16H17N3O3S/c1-2-9-18-11-5-3-4-6-12(11)23-16(18)17-13(20)10-19-14(21)7-8-15(19)22/h3-6H,2,7-10H2,1H3. The van der Waals surface area contributed by atoms with Crippen molar-refractivity contribution < 1.29 is 14.4 Å². The Labute approximate surface area is 137 Å². The van der Waals surface area contributed by atoms with Crippen LogP contribution in [0, 0.1) is 0 Å². The van der Waals surface area contributed by atoms with Crippen LogP contribution in [0.2, 0.25) is 0 Å². The Morgan fingerprint density at radius 3 is 2.61 bits per heavy atom. The Morgan fingerprint density at radius 1 is 1.22 bits per heavy atom. The van der Waals surface area contributed by atoms with Crippen LogP contribution in [0.5, 0.6) is 0 Å². The number of imide groups is 1. The number of aromatic nitrogens is 1. The van der Waals surface area contributed by atoms with E-state index in [1.54, 1.807) is 0 Å². The SMILES string of the molecule is CCCn1c(=NC(=O)CN2C(=O)CCC2=O)sc2ccccc21. The van der Waals surface area contributed by atoms with E-state index in [1.165, 1.54) is 11.3 Å². The summed E-state index contributed by atoms with van der Waals surface area (Å²) in [6.45, 7) is 2.56. The van der Waals surface area contributed by atoms with Crippen LogP contribution in [-0.4, -0.2) is 33.7 Å². The molecule has 1 aromatic heterocycles. The molecular weight excluding hydrogens is 314 g/mol. The lowest BCUT2D eigenvalue weighted by Crippen LogP contribution is -2.34. The summed E-state index contributed by atoms with van der Waals surface area (Å²) in [5.74, 6) is -1.06. The fourth-order valence-corrected chi connectivity index (χ4v) is 3.70. The van der Waals surface area contributed by atoms with E-state index in [9.17, 15) is 14.4 Å². The zero-order valence-corrected chi connectivity index (χ0v) is 13.6. The Morgan fingerprint density at radius 2 is 1.91 bits per heavy atom. The number of carbonyl (C=O) groups is 3. The molecule has 3 amide bonds. The molecule has 120 valence electrons. The maximum atomic E-state index is 12.2. The molecule has 0 bridgehead atoms. The number of aryl methyl sites for hydroxylation is 1. The number of carbonyl (C=O) groups excluding carboxylic acids is 3. The average Bonchev–Trinajstić information content (AvgIpc) is 3.03. The summed E-state index contributed by atoms with van der Waals surface area (Å²) in [4.78, 5) is 41.1. The molecule has 6 nitrogen and oxygen atoms in total. The van der Waals surface area contributed by atoms with Crippen LogP contribution in [0.15, 0.2) is 29.3 Å². The normalized spacial score (nSPS) is 15.9. The predicted octanol–water partition coefficient (Wildman–Crippen LogP) is 1.69. The summed E-state index contributed by atoms with van der Waals surface area (Å²) in [5, 5.41) is 0. The van der Waals surface area contributed by atoms with Crippen molar-refractivity contribution in [3.05, 3.63) is 29.1 Å². The number of thiazole rings is 1. The molecule has 23 heavy (non-hydrogen) atoms. The third-order valence-corrected chi connectivity index (χ3v) is 4.76. The molecule has 1 saturated heterocycles.